The fraction of sp³-hybridized carbons (Fsp3) is 1.00. The van der Waals surface area contributed by atoms with Gasteiger partial charge < -0.3 is 15.3 Å². The Labute approximate surface area is 102 Å². The molecule has 0 amide bonds. The van der Waals surface area contributed by atoms with E-state index < -0.39 is 18.3 Å². The van der Waals surface area contributed by atoms with Gasteiger partial charge in [0.25, 0.3) is 0 Å². The monoisotopic (exact) mass is 242 g/mol. The lowest BCUT2D eigenvalue weighted by Gasteiger charge is -2.46. The molecule has 3 N–H and O–H groups in total. The molecule has 0 aromatic heterocycles. The second-order valence-corrected chi connectivity index (χ2v) is 5.63. The van der Waals surface area contributed by atoms with Crippen LogP contribution in [0.15, 0.2) is 0 Å². The molecule has 0 radical (unpaired) electrons. The molecule has 98 valence electrons. The van der Waals surface area contributed by atoms with Crippen molar-refractivity contribution in [1.82, 2.24) is 9.80 Å². The minimum atomic E-state index is -0.813. The molecule has 17 heavy (non-hydrogen) atoms. The summed E-state index contributed by atoms with van der Waals surface area (Å²) < 4.78 is 0. The molecule has 3 saturated heterocycles. The highest BCUT2D eigenvalue weighted by molar-refractivity contribution is 5.04. The Hall–Kier alpha value is -0.200. The maximum Gasteiger partial charge on any atom is 0.0994 e. The van der Waals surface area contributed by atoms with E-state index in [0.29, 0.717) is 6.42 Å². The van der Waals surface area contributed by atoms with E-state index in [4.69, 9.17) is 0 Å². The van der Waals surface area contributed by atoms with E-state index in [0.717, 1.165) is 26.2 Å². The lowest BCUT2D eigenvalue weighted by Crippen LogP contribution is -2.65. The number of nitrogens with zero attached hydrogens (tertiary/aromatic N) is 2. The highest BCUT2D eigenvalue weighted by Crippen LogP contribution is 2.31. The second kappa shape index (κ2) is 4.48. The van der Waals surface area contributed by atoms with Crippen molar-refractivity contribution in [2.24, 2.45) is 0 Å². The van der Waals surface area contributed by atoms with Crippen LogP contribution in [-0.4, -0.2) is 81.7 Å². The summed E-state index contributed by atoms with van der Waals surface area (Å²) in [6.07, 6.45) is 1.06. The third-order valence-electron chi connectivity index (χ3n) is 4.65. The minimum Gasteiger partial charge on any atom is -0.391 e. The van der Waals surface area contributed by atoms with E-state index >= 15 is 0 Å². The Kier molecular flexibility index (Phi) is 3.13. The van der Waals surface area contributed by atoms with Crippen LogP contribution >= 0.6 is 0 Å². The molecule has 5 atom stereocenters. The molecular weight excluding hydrogens is 220 g/mol. The van der Waals surface area contributed by atoms with Crippen LogP contribution in [0, 0.1) is 0 Å². The summed E-state index contributed by atoms with van der Waals surface area (Å²) in [5.74, 6) is 0. The van der Waals surface area contributed by atoms with Gasteiger partial charge >= 0.3 is 0 Å². The van der Waals surface area contributed by atoms with Crippen molar-refractivity contribution in [3.63, 3.8) is 0 Å². The molecule has 5 heteroatoms. The van der Waals surface area contributed by atoms with Gasteiger partial charge in [0.2, 0.25) is 0 Å². The average molecular weight is 242 g/mol. The smallest absolute Gasteiger partial charge is 0.0994 e. The molecule has 3 aliphatic rings. The topological polar surface area (TPSA) is 67.2 Å². The fourth-order valence-electron chi connectivity index (χ4n) is 3.70. The molecule has 0 spiro atoms. The van der Waals surface area contributed by atoms with Gasteiger partial charge in [-0.05, 0) is 32.4 Å². The standard InChI is InChI=1S/C12H22N2O3/c15-9-3-6-14-7-8(13-4-1-2-5-13)11(16)12(17)10(9)14/h8-12,15-17H,1-7H2/t8-,9-,10?,11+,12+/m0/s1. The summed E-state index contributed by atoms with van der Waals surface area (Å²) in [5.41, 5.74) is 0. The molecule has 3 rings (SSSR count). The largest absolute Gasteiger partial charge is 0.391 e. The molecule has 3 fully saturated rings. The third kappa shape index (κ3) is 1.90. The number of hydrogen-bond acceptors (Lipinski definition) is 5. The Morgan fingerprint density at radius 3 is 2.24 bits per heavy atom. The molecule has 0 saturated carbocycles. The highest BCUT2D eigenvalue weighted by atomic mass is 16.3. The normalized spacial score (nSPS) is 48.5. The van der Waals surface area contributed by atoms with Gasteiger partial charge in [0.1, 0.15) is 0 Å². The van der Waals surface area contributed by atoms with Crippen molar-refractivity contribution in [2.75, 3.05) is 26.2 Å². The summed E-state index contributed by atoms with van der Waals surface area (Å²) in [6.45, 7) is 3.66. The maximum atomic E-state index is 10.2. The number of hydrogen-bond donors (Lipinski definition) is 3. The number of fused-ring (bicyclic) bond motifs is 1. The summed E-state index contributed by atoms with van der Waals surface area (Å²) in [7, 11) is 0. The molecule has 3 aliphatic heterocycles. The Bertz CT molecular complexity index is 283. The van der Waals surface area contributed by atoms with Gasteiger partial charge in [0.05, 0.1) is 30.4 Å². The first-order chi connectivity index (χ1) is 8.18. The van der Waals surface area contributed by atoms with Crippen molar-refractivity contribution in [3.8, 4) is 0 Å². The summed E-state index contributed by atoms with van der Waals surface area (Å²) in [4.78, 5) is 4.43. The summed E-state index contributed by atoms with van der Waals surface area (Å²) in [5, 5.41) is 30.2. The van der Waals surface area contributed by atoms with Crippen LogP contribution in [0.25, 0.3) is 0 Å². The number of likely N-dealkylation sites (tertiary alicyclic amines) is 1. The Balaban J connectivity index is 1.75. The van der Waals surface area contributed by atoms with Crippen molar-refractivity contribution in [3.05, 3.63) is 0 Å². The Morgan fingerprint density at radius 1 is 0.824 bits per heavy atom. The lowest BCUT2D eigenvalue weighted by molar-refractivity contribution is -0.122. The summed E-state index contributed by atoms with van der Waals surface area (Å²) in [6, 6.07) is -0.224. The predicted molar refractivity (Wildman–Crippen MR) is 62.6 cm³/mol. The van der Waals surface area contributed by atoms with E-state index in [2.05, 4.69) is 9.80 Å². The zero-order valence-electron chi connectivity index (χ0n) is 10.1. The van der Waals surface area contributed by atoms with Crippen LogP contribution in [0.3, 0.4) is 0 Å². The van der Waals surface area contributed by atoms with E-state index in [1.54, 1.807) is 0 Å². The predicted octanol–water partition coefficient (Wildman–Crippen LogP) is -1.38. The molecular formula is C12H22N2O3. The van der Waals surface area contributed by atoms with Gasteiger partial charge in [-0.2, -0.15) is 0 Å². The van der Waals surface area contributed by atoms with Crippen LogP contribution < -0.4 is 0 Å². The molecule has 1 unspecified atom stereocenters. The number of aliphatic hydroxyl groups excluding tert-OH is 3. The first kappa shape index (κ1) is 11.9. The van der Waals surface area contributed by atoms with Crippen LogP contribution in [0.5, 0.6) is 0 Å². The van der Waals surface area contributed by atoms with Gasteiger partial charge in [0.15, 0.2) is 0 Å². The molecule has 5 nitrogen and oxygen atoms in total. The van der Waals surface area contributed by atoms with E-state index in [1.165, 1.54) is 12.8 Å². The zero-order chi connectivity index (χ0) is 12.0. The zero-order valence-corrected chi connectivity index (χ0v) is 10.1. The van der Waals surface area contributed by atoms with Gasteiger partial charge in [-0.15, -0.1) is 0 Å². The lowest BCUT2D eigenvalue weighted by atomic mass is 9.90. The van der Waals surface area contributed by atoms with Crippen LogP contribution in [0.2, 0.25) is 0 Å². The highest BCUT2D eigenvalue weighted by Gasteiger charge is 2.49. The van der Waals surface area contributed by atoms with Crippen molar-refractivity contribution >= 4 is 0 Å². The van der Waals surface area contributed by atoms with E-state index in [1.807, 2.05) is 0 Å². The quantitative estimate of drug-likeness (QED) is 0.529. The second-order valence-electron chi connectivity index (χ2n) is 5.63. The number of piperidine rings is 1. The van der Waals surface area contributed by atoms with Crippen molar-refractivity contribution < 1.29 is 15.3 Å². The molecule has 0 aromatic carbocycles. The van der Waals surface area contributed by atoms with Gasteiger partial charge in [-0.3, -0.25) is 9.80 Å². The van der Waals surface area contributed by atoms with E-state index in [9.17, 15) is 15.3 Å². The molecule has 3 heterocycles. The summed E-state index contributed by atoms with van der Waals surface area (Å²) >= 11 is 0. The maximum absolute atomic E-state index is 10.2. The van der Waals surface area contributed by atoms with Crippen LogP contribution in [0.4, 0.5) is 0 Å². The van der Waals surface area contributed by atoms with Crippen molar-refractivity contribution in [2.45, 2.75) is 49.7 Å². The molecule has 0 aromatic rings. The number of aliphatic hydroxyl groups is 3. The van der Waals surface area contributed by atoms with Gasteiger partial charge in [0, 0.05) is 13.1 Å². The third-order valence-corrected chi connectivity index (χ3v) is 4.65. The van der Waals surface area contributed by atoms with Crippen LogP contribution in [0.1, 0.15) is 19.3 Å². The fourth-order valence-corrected chi connectivity index (χ4v) is 3.70. The first-order valence-electron chi connectivity index (χ1n) is 6.71. The molecule has 0 aliphatic carbocycles. The Morgan fingerprint density at radius 2 is 1.53 bits per heavy atom. The van der Waals surface area contributed by atoms with Crippen molar-refractivity contribution in [1.29, 1.82) is 0 Å². The minimum absolute atomic E-state index is 0.0362. The first-order valence-corrected chi connectivity index (χ1v) is 6.71. The SMILES string of the molecule is O[C@H]1[C@H](O)C2[C@@H](O)CCN2C[C@@H]1N1CCCC1. The van der Waals surface area contributed by atoms with Gasteiger partial charge in [-0.25, -0.2) is 0 Å². The van der Waals surface area contributed by atoms with Crippen LogP contribution in [-0.2, 0) is 0 Å². The van der Waals surface area contributed by atoms with E-state index in [-0.39, 0.29) is 12.1 Å². The van der Waals surface area contributed by atoms with Gasteiger partial charge in [-0.1, -0.05) is 0 Å². The average Bonchev–Trinajstić information content (AvgIpc) is 2.93. The molecule has 0 bridgehead atoms. The number of rotatable bonds is 1.